The zero-order valence-electron chi connectivity index (χ0n) is 9.77. The molecule has 1 aromatic carbocycles. The first-order valence-electron chi connectivity index (χ1n) is 5.25. The summed E-state index contributed by atoms with van der Waals surface area (Å²) >= 11 is 3.45. The molecule has 0 fully saturated rings. The minimum Gasteiger partial charge on any atom is -0.496 e. The first-order valence-corrected chi connectivity index (χ1v) is 6.04. The number of rotatable bonds is 4. The molecule has 1 heterocycles. The van der Waals surface area contributed by atoms with Gasteiger partial charge in [0.25, 0.3) is 0 Å². The van der Waals surface area contributed by atoms with Crippen molar-refractivity contribution in [2.45, 2.75) is 6.54 Å². The quantitative estimate of drug-likeness (QED) is 0.943. The van der Waals surface area contributed by atoms with Gasteiger partial charge in [-0.2, -0.15) is 5.10 Å². The Morgan fingerprint density at radius 2 is 2.24 bits per heavy atom. The molecule has 0 radical (unpaired) electrons. The zero-order chi connectivity index (χ0) is 12.3. The van der Waals surface area contributed by atoms with Gasteiger partial charge < -0.3 is 10.1 Å². The summed E-state index contributed by atoms with van der Waals surface area (Å²) in [5.41, 5.74) is 2.04. The van der Waals surface area contributed by atoms with E-state index in [2.05, 4.69) is 26.3 Å². The molecule has 0 saturated heterocycles. The number of anilines is 1. The lowest BCUT2D eigenvalue weighted by Crippen LogP contribution is -2.01. The van der Waals surface area contributed by atoms with Crippen molar-refractivity contribution in [1.29, 1.82) is 0 Å². The van der Waals surface area contributed by atoms with Crippen molar-refractivity contribution in [1.82, 2.24) is 9.78 Å². The maximum Gasteiger partial charge on any atom is 0.133 e. The second kappa shape index (κ2) is 5.23. The van der Waals surface area contributed by atoms with E-state index in [4.69, 9.17) is 4.74 Å². The minimum atomic E-state index is 0.708. The van der Waals surface area contributed by atoms with Crippen LogP contribution in [0.2, 0.25) is 0 Å². The largest absolute Gasteiger partial charge is 0.496 e. The van der Waals surface area contributed by atoms with Gasteiger partial charge in [-0.05, 0) is 40.2 Å². The SMILES string of the molecule is COc1ccc(NCc2ccn(C)n2)cc1Br. The van der Waals surface area contributed by atoms with Crippen LogP contribution in [0.1, 0.15) is 5.69 Å². The standard InChI is InChI=1S/C12H14BrN3O/c1-16-6-5-10(15-16)8-14-9-3-4-12(17-2)11(13)7-9/h3-7,14H,8H2,1-2H3. The second-order valence-electron chi connectivity index (χ2n) is 3.68. The summed E-state index contributed by atoms with van der Waals surface area (Å²) in [6, 6.07) is 7.88. The van der Waals surface area contributed by atoms with E-state index in [0.29, 0.717) is 6.54 Å². The van der Waals surface area contributed by atoms with Crippen LogP contribution >= 0.6 is 15.9 Å². The van der Waals surface area contributed by atoms with Crippen molar-refractivity contribution in [3.8, 4) is 5.75 Å². The number of ether oxygens (including phenoxy) is 1. The molecule has 0 saturated carbocycles. The Balaban J connectivity index is 2.02. The van der Waals surface area contributed by atoms with Crippen LogP contribution in [0.15, 0.2) is 34.9 Å². The number of aryl methyl sites for hydroxylation is 1. The van der Waals surface area contributed by atoms with E-state index < -0.39 is 0 Å². The van der Waals surface area contributed by atoms with Crippen LogP contribution < -0.4 is 10.1 Å². The first-order chi connectivity index (χ1) is 8.19. The Morgan fingerprint density at radius 1 is 1.41 bits per heavy atom. The van der Waals surface area contributed by atoms with E-state index in [1.54, 1.807) is 11.8 Å². The number of hydrogen-bond donors (Lipinski definition) is 1. The smallest absolute Gasteiger partial charge is 0.133 e. The molecule has 2 aromatic rings. The fourth-order valence-electron chi connectivity index (χ4n) is 1.53. The second-order valence-corrected chi connectivity index (χ2v) is 4.54. The average Bonchev–Trinajstić information content (AvgIpc) is 2.73. The highest BCUT2D eigenvalue weighted by Crippen LogP contribution is 2.27. The summed E-state index contributed by atoms with van der Waals surface area (Å²) in [5.74, 6) is 0.827. The van der Waals surface area contributed by atoms with Gasteiger partial charge in [-0.15, -0.1) is 0 Å². The summed E-state index contributed by atoms with van der Waals surface area (Å²) in [6.45, 7) is 0.708. The van der Waals surface area contributed by atoms with E-state index in [9.17, 15) is 0 Å². The van der Waals surface area contributed by atoms with Crippen LogP contribution in [0.25, 0.3) is 0 Å². The third kappa shape index (κ3) is 3.00. The average molecular weight is 296 g/mol. The van der Waals surface area contributed by atoms with Crippen LogP contribution in [-0.4, -0.2) is 16.9 Å². The number of halogens is 1. The number of nitrogens with zero attached hydrogens (tertiary/aromatic N) is 2. The van der Waals surface area contributed by atoms with Gasteiger partial charge in [-0.3, -0.25) is 4.68 Å². The van der Waals surface area contributed by atoms with Gasteiger partial charge in [0.2, 0.25) is 0 Å². The molecule has 0 amide bonds. The lowest BCUT2D eigenvalue weighted by atomic mass is 10.3. The van der Waals surface area contributed by atoms with Crippen molar-refractivity contribution in [3.05, 3.63) is 40.6 Å². The number of nitrogens with one attached hydrogen (secondary N) is 1. The Kier molecular flexibility index (Phi) is 3.68. The minimum absolute atomic E-state index is 0.708. The van der Waals surface area contributed by atoms with Crippen LogP contribution in [0.5, 0.6) is 5.75 Å². The van der Waals surface area contributed by atoms with E-state index in [-0.39, 0.29) is 0 Å². The van der Waals surface area contributed by atoms with Crippen molar-refractivity contribution in [2.75, 3.05) is 12.4 Å². The fourth-order valence-corrected chi connectivity index (χ4v) is 2.07. The molecule has 0 spiro atoms. The van der Waals surface area contributed by atoms with Gasteiger partial charge >= 0.3 is 0 Å². The lowest BCUT2D eigenvalue weighted by molar-refractivity contribution is 0.412. The topological polar surface area (TPSA) is 39.1 Å². The lowest BCUT2D eigenvalue weighted by Gasteiger charge is -2.07. The summed E-state index contributed by atoms with van der Waals surface area (Å²) in [4.78, 5) is 0. The molecular weight excluding hydrogens is 282 g/mol. The molecule has 0 aliphatic heterocycles. The van der Waals surface area contributed by atoms with Crippen molar-refractivity contribution >= 4 is 21.6 Å². The van der Waals surface area contributed by atoms with Crippen molar-refractivity contribution < 1.29 is 4.74 Å². The molecule has 0 bridgehead atoms. The monoisotopic (exact) mass is 295 g/mol. The van der Waals surface area contributed by atoms with Crippen LogP contribution in [0, 0.1) is 0 Å². The Bertz CT molecular complexity index is 510. The molecule has 0 unspecified atom stereocenters. The van der Waals surface area contributed by atoms with E-state index >= 15 is 0 Å². The normalized spacial score (nSPS) is 10.3. The number of methoxy groups -OCH3 is 1. The molecule has 17 heavy (non-hydrogen) atoms. The third-order valence-corrected chi connectivity index (χ3v) is 3.01. The fraction of sp³-hybridized carbons (Fsp3) is 0.250. The Labute approximate surface area is 109 Å². The summed E-state index contributed by atoms with van der Waals surface area (Å²) < 4.78 is 7.90. The van der Waals surface area contributed by atoms with Gasteiger partial charge in [-0.1, -0.05) is 0 Å². The number of hydrogen-bond acceptors (Lipinski definition) is 3. The van der Waals surface area contributed by atoms with Crippen LogP contribution in [0.3, 0.4) is 0 Å². The van der Waals surface area contributed by atoms with E-state index in [1.807, 2.05) is 37.5 Å². The Morgan fingerprint density at radius 3 is 2.82 bits per heavy atom. The van der Waals surface area contributed by atoms with Crippen molar-refractivity contribution in [3.63, 3.8) is 0 Å². The highest BCUT2D eigenvalue weighted by molar-refractivity contribution is 9.10. The van der Waals surface area contributed by atoms with Crippen LogP contribution in [0.4, 0.5) is 5.69 Å². The third-order valence-electron chi connectivity index (χ3n) is 2.39. The molecule has 2 rings (SSSR count). The molecule has 0 atom stereocenters. The highest BCUT2D eigenvalue weighted by Gasteiger charge is 2.02. The zero-order valence-corrected chi connectivity index (χ0v) is 11.4. The molecule has 90 valence electrons. The summed E-state index contributed by atoms with van der Waals surface area (Å²) in [7, 11) is 3.56. The predicted molar refractivity (Wildman–Crippen MR) is 71.2 cm³/mol. The molecular formula is C12H14BrN3O. The van der Waals surface area contributed by atoms with E-state index in [0.717, 1.165) is 21.6 Å². The molecule has 4 nitrogen and oxygen atoms in total. The van der Waals surface area contributed by atoms with Gasteiger partial charge in [0.1, 0.15) is 5.75 Å². The van der Waals surface area contributed by atoms with Crippen molar-refractivity contribution in [2.24, 2.45) is 7.05 Å². The Hall–Kier alpha value is -1.49. The summed E-state index contributed by atoms with van der Waals surface area (Å²) in [5, 5.41) is 7.60. The first kappa shape index (κ1) is 12.0. The number of benzene rings is 1. The molecule has 0 aliphatic rings. The predicted octanol–water partition coefficient (Wildman–Crippen LogP) is 2.80. The highest BCUT2D eigenvalue weighted by atomic mass is 79.9. The molecule has 1 N–H and O–H groups in total. The van der Waals surface area contributed by atoms with Gasteiger partial charge in [0, 0.05) is 18.9 Å². The summed E-state index contributed by atoms with van der Waals surface area (Å²) in [6.07, 6.45) is 1.93. The maximum absolute atomic E-state index is 5.18. The molecule has 1 aromatic heterocycles. The van der Waals surface area contributed by atoms with Gasteiger partial charge in [0.05, 0.1) is 23.8 Å². The molecule has 5 heteroatoms. The van der Waals surface area contributed by atoms with Gasteiger partial charge in [0.15, 0.2) is 0 Å². The number of aromatic nitrogens is 2. The van der Waals surface area contributed by atoms with Crippen LogP contribution in [-0.2, 0) is 13.6 Å². The van der Waals surface area contributed by atoms with E-state index in [1.165, 1.54) is 0 Å². The molecule has 0 aliphatic carbocycles. The maximum atomic E-state index is 5.18. The van der Waals surface area contributed by atoms with Gasteiger partial charge in [-0.25, -0.2) is 0 Å².